The van der Waals surface area contributed by atoms with E-state index in [1.54, 1.807) is 24.4 Å². The molecule has 0 saturated carbocycles. The average Bonchev–Trinajstić information content (AvgIpc) is 2.55. The van der Waals surface area contributed by atoms with Crippen molar-refractivity contribution in [2.24, 2.45) is 0 Å². The number of nitrogens with one attached hydrogen (secondary N) is 1. The van der Waals surface area contributed by atoms with Crippen LogP contribution >= 0.6 is 0 Å². The van der Waals surface area contributed by atoms with E-state index < -0.39 is 0 Å². The topological polar surface area (TPSA) is 62.2 Å². The fourth-order valence-electron chi connectivity index (χ4n) is 2.56. The summed E-state index contributed by atoms with van der Waals surface area (Å²) < 4.78 is 0. The third-order valence-corrected chi connectivity index (χ3v) is 4.00. The zero-order valence-electron chi connectivity index (χ0n) is 14.0. The maximum atomic E-state index is 12.5. The van der Waals surface area contributed by atoms with Crippen molar-refractivity contribution >= 4 is 22.5 Å². The van der Waals surface area contributed by atoms with Gasteiger partial charge in [-0.1, -0.05) is 52.5 Å². The molecule has 0 aliphatic rings. The van der Waals surface area contributed by atoms with Crippen LogP contribution in [0.1, 0.15) is 44.1 Å². The lowest BCUT2D eigenvalue weighted by molar-refractivity contribution is 0.102. The summed E-state index contributed by atoms with van der Waals surface area (Å²) in [5.74, 6) is -0.458. The molecule has 4 nitrogen and oxygen atoms in total. The molecular weight excluding hydrogens is 312 g/mol. The lowest BCUT2D eigenvalue weighted by Crippen LogP contribution is -2.14. The number of aromatic hydroxyl groups is 1. The van der Waals surface area contributed by atoms with Gasteiger partial charge in [0, 0.05) is 17.3 Å². The van der Waals surface area contributed by atoms with Crippen LogP contribution in [0.15, 0.2) is 54.7 Å². The molecule has 4 heteroatoms. The molecular formula is C21H24N2O2. The second-order valence-electron chi connectivity index (χ2n) is 6.82. The normalized spacial score (nSPS) is 11.0. The van der Waals surface area contributed by atoms with Crippen molar-refractivity contribution < 1.29 is 9.90 Å². The number of amides is 1. The minimum atomic E-state index is -0.358. The highest BCUT2D eigenvalue weighted by Crippen LogP contribution is 2.28. The molecule has 2 N–H and O–H groups in total. The van der Waals surface area contributed by atoms with Crippen LogP contribution < -0.4 is 5.32 Å². The number of nitrogens with zero attached hydrogens (tertiary/aromatic N) is 1. The summed E-state index contributed by atoms with van der Waals surface area (Å²) in [7, 11) is 0. The van der Waals surface area contributed by atoms with Crippen molar-refractivity contribution in [2.75, 3.05) is 5.32 Å². The molecule has 0 bridgehead atoms. The third-order valence-electron chi connectivity index (χ3n) is 4.00. The van der Waals surface area contributed by atoms with Crippen molar-refractivity contribution in [1.82, 2.24) is 4.98 Å². The Labute approximate surface area is 148 Å². The van der Waals surface area contributed by atoms with Crippen LogP contribution in [0.4, 0.5) is 5.69 Å². The number of phenolic OH excluding ortho intramolecular Hbond substituents is 1. The summed E-state index contributed by atoms with van der Waals surface area (Å²) in [5, 5.41) is 13.9. The molecule has 3 rings (SSSR count). The van der Waals surface area contributed by atoms with Gasteiger partial charge in [0.15, 0.2) is 5.75 Å². The lowest BCUT2D eigenvalue weighted by atomic mass is 9.87. The number of rotatable bonds is 2. The standard InChI is InChI=1S/C20H20N2O2.CH4/c1-20(2,3)14-7-9-15(10-8-14)22-19(24)16-11-6-13-5-4-12-21-17(13)18(16)23;/h4-12,23H,1-3H3,(H,22,24);1H4. The highest BCUT2D eigenvalue weighted by Gasteiger charge is 2.16. The van der Waals surface area contributed by atoms with Crippen molar-refractivity contribution in [2.45, 2.75) is 33.6 Å². The number of benzene rings is 2. The van der Waals surface area contributed by atoms with Gasteiger partial charge in [-0.15, -0.1) is 0 Å². The summed E-state index contributed by atoms with van der Waals surface area (Å²) in [5.41, 5.74) is 2.58. The fraction of sp³-hybridized carbons (Fsp3) is 0.238. The maximum Gasteiger partial charge on any atom is 0.259 e. The molecule has 1 aromatic heterocycles. The monoisotopic (exact) mass is 336 g/mol. The van der Waals surface area contributed by atoms with Gasteiger partial charge in [-0.25, -0.2) is 0 Å². The van der Waals surface area contributed by atoms with Crippen LogP contribution in [0.25, 0.3) is 10.9 Å². The van der Waals surface area contributed by atoms with E-state index in [0.29, 0.717) is 11.2 Å². The second-order valence-corrected chi connectivity index (χ2v) is 6.82. The summed E-state index contributed by atoms with van der Waals surface area (Å²) in [6, 6.07) is 14.8. The predicted molar refractivity (Wildman–Crippen MR) is 103 cm³/mol. The molecule has 0 aliphatic carbocycles. The fourth-order valence-corrected chi connectivity index (χ4v) is 2.56. The first-order valence-corrected chi connectivity index (χ1v) is 7.85. The molecule has 0 unspecified atom stereocenters. The molecule has 0 radical (unpaired) electrons. The van der Waals surface area contributed by atoms with Crippen LogP contribution in [0.2, 0.25) is 0 Å². The Morgan fingerprint density at radius 2 is 1.72 bits per heavy atom. The zero-order valence-corrected chi connectivity index (χ0v) is 14.0. The van der Waals surface area contributed by atoms with Gasteiger partial charge in [0.1, 0.15) is 5.52 Å². The smallest absolute Gasteiger partial charge is 0.259 e. The van der Waals surface area contributed by atoms with E-state index >= 15 is 0 Å². The first kappa shape index (κ1) is 18.5. The first-order valence-electron chi connectivity index (χ1n) is 7.85. The molecule has 0 aliphatic heterocycles. The maximum absolute atomic E-state index is 12.5. The molecule has 1 heterocycles. The van der Waals surface area contributed by atoms with E-state index in [1.807, 2.05) is 30.3 Å². The number of anilines is 1. The third kappa shape index (κ3) is 3.79. The average molecular weight is 336 g/mol. The van der Waals surface area contributed by atoms with Gasteiger partial charge in [-0.3, -0.25) is 9.78 Å². The molecule has 25 heavy (non-hydrogen) atoms. The Bertz CT molecular complexity index is 894. The minimum Gasteiger partial charge on any atom is -0.505 e. The number of hydrogen-bond donors (Lipinski definition) is 2. The number of fused-ring (bicyclic) bond motifs is 1. The van der Waals surface area contributed by atoms with Crippen molar-refractivity contribution in [3.63, 3.8) is 0 Å². The van der Waals surface area contributed by atoms with Gasteiger partial charge in [0.05, 0.1) is 5.56 Å². The van der Waals surface area contributed by atoms with Gasteiger partial charge >= 0.3 is 0 Å². The number of aromatic nitrogens is 1. The number of carbonyl (C=O) groups is 1. The van der Waals surface area contributed by atoms with Gasteiger partial charge < -0.3 is 10.4 Å². The highest BCUT2D eigenvalue weighted by atomic mass is 16.3. The van der Waals surface area contributed by atoms with Crippen LogP contribution in [0.3, 0.4) is 0 Å². The Morgan fingerprint density at radius 3 is 2.36 bits per heavy atom. The minimum absolute atomic E-state index is 0. The Balaban J connectivity index is 0.00000225. The SMILES string of the molecule is C.CC(C)(C)c1ccc(NC(=O)c2ccc3cccnc3c2O)cc1. The zero-order chi connectivity index (χ0) is 17.3. The molecule has 1 amide bonds. The predicted octanol–water partition coefficient (Wildman–Crippen LogP) is 5.13. The summed E-state index contributed by atoms with van der Waals surface area (Å²) in [6.45, 7) is 6.42. The van der Waals surface area contributed by atoms with Crippen LogP contribution in [0, 0.1) is 0 Å². The molecule has 3 aromatic rings. The number of hydrogen-bond acceptors (Lipinski definition) is 3. The van der Waals surface area contributed by atoms with E-state index in [2.05, 4.69) is 31.1 Å². The second kappa shape index (κ2) is 6.93. The number of pyridine rings is 1. The molecule has 0 saturated heterocycles. The Morgan fingerprint density at radius 1 is 1.04 bits per heavy atom. The quantitative estimate of drug-likeness (QED) is 0.682. The number of phenols is 1. The molecule has 0 fully saturated rings. The van der Waals surface area contributed by atoms with E-state index in [1.165, 1.54) is 5.56 Å². The van der Waals surface area contributed by atoms with Crippen LogP contribution in [-0.2, 0) is 5.41 Å². The summed E-state index contributed by atoms with van der Waals surface area (Å²) in [6.07, 6.45) is 1.59. The molecule has 0 atom stereocenters. The Hall–Kier alpha value is -2.88. The largest absolute Gasteiger partial charge is 0.505 e. The van der Waals surface area contributed by atoms with Crippen molar-refractivity contribution in [1.29, 1.82) is 0 Å². The summed E-state index contributed by atoms with van der Waals surface area (Å²) >= 11 is 0. The van der Waals surface area contributed by atoms with Crippen LogP contribution in [-0.4, -0.2) is 16.0 Å². The van der Waals surface area contributed by atoms with Crippen LogP contribution in [0.5, 0.6) is 5.75 Å². The molecule has 2 aromatic carbocycles. The summed E-state index contributed by atoms with van der Waals surface area (Å²) in [4.78, 5) is 16.6. The van der Waals surface area contributed by atoms with Gasteiger partial charge in [0.25, 0.3) is 5.91 Å². The van der Waals surface area contributed by atoms with E-state index in [9.17, 15) is 9.90 Å². The molecule has 130 valence electrons. The van der Waals surface area contributed by atoms with Crippen molar-refractivity contribution in [3.8, 4) is 5.75 Å². The first-order chi connectivity index (χ1) is 11.4. The van der Waals surface area contributed by atoms with E-state index in [-0.39, 0.29) is 30.1 Å². The lowest BCUT2D eigenvalue weighted by Gasteiger charge is -2.19. The van der Waals surface area contributed by atoms with E-state index in [0.717, 1.165) is 5.39 Å². The Kier molecular flexibility index (Phi) is 5.12. The molecule has 0 spiro atoms. The van der Waals surface area contributed by atoms with E-state index in [4.69, 9.17) is 0 Å². The van der Waals surface area contributed by atoms with Gasteiger partial charge in [-0.05, 0) is 35.2 Å². The highest BCUT2D eigenvalue weighted by molar-refractivity contribution is 6.09. The van der Waals surface area contributed by atoms with Crippen molar-refractivity contribution in [3.05, 3.63) is 65.9 Å². The van der Waals surface area contributed by atoms with Gasteiger partial charge in [0.2, 0.25) is 0 Å². The van der Waals surface area contributed by atoms with Gasteiger partial charge in [-0.2, -0.15) is 0 Å². The number of carbonyl (C=O) groups excluding carboxylic acids is 1.